The summed E-state index contributed by atoms with van der Waals surface area (Å²) in [5, 5.41) is 8.61. The zero-order valence-corrected chi connectivity index (χ0v) is 19.9. The van der Waals surface area contributed by atoms with Crippen molar-refractivity contribution in [3.8, 4) is 11.1 Å². The highest BCUT2D eigenvalue weighted by Crippen LogP contribution is 2.39. The second-order valence-electron chi connectivity index (χ2n) is 7.85. The molecule has 0 radical (unpaired) electrons. The first-order chi connectivity index (χ1) is 16.4. The number of nitrogens with zero attached hydrogens (tertiary/aromatic N) is 1. The minimum atomic E-state index is -0.306. The van der Waals surface area contributed by atoms with Crippen molar-refractivity contribution in [3.05, 3.63) is 71.2 Å². The van der Waals surface area contributed by atoms with Crippen molar-refractivity contribution in [3.63, 3.8) is 0 Å². The van der Waals surface area contributed by atoms with Gasteiger partial charge in [0.25, 0.3) is 0 Å². The van der Waals surface area contributed by atoms with Gasteiger partial charge in [-0.2, -0.15) is 0 Å². The van der Waals surface area contributed by atoms with Crippen LogP contribution in [0.15, 0.2) is 60.1 Å². The lowest BCUT2D eigenvalue weighted by Gasteiger charge is -2.09. The SMILES string of the molecule is CCOC(=O)CCc1cnc(N)c2c(-c3ccc(NC(=O)Nc4cccc(C)c4)cc3)csc12. The average molecular weight is 475 g/mol. The molecular weight excluding hydrogens is 448 g/mol. The Balaban J connectivity index is 1.50. The van der Waals surface area contributed by atoms with Gasteiger partial charge in [-0.05, 0) is 66.6 Å². The molecule has 2 aromatic heterocycles. The van der Waals surface area contributed by atoms with Crippen molar-refractivity contribution in [2.45, 2.75) is 26.7 Å². The Morgan fingerprint density at radius 2 is 1.85 bits per heavy atom. The zero-order chi connectivity index (χ0) is 24.1. The number of pyridine rings is 1. The van der Waals surface area contributed by atoms with Crippen LogP contribution in [0.5, 0.6) is 0 Å². The number of aryl methyl sites for hydroxylation is 2. The van der Waals surface area contributed by atoms with E-state index in [1.165, 1.54) is 0 Å². The summed E-state index contributed by atoms with van der Waals surface area (Å²) in [4.78, 5) is 28.5. The zero-order valence-electron chi connectivity index (χ0n) is 19.1. The monoisotopic (exact) mass is 474 g/mol. The van der Waals surface area contributed by atoms with Gasteiger partial charge in [-0.3, -0.25) is 4.79 Å². The summed E-state index contributed by atoms with van der Waals surface area (Å²) < 4.78 is 6.06. The van der Waals surface area contributed by atoms with Crippen LogP contribution in [0.2, 0.25) is 0 Å². The van der Waals surface area contributed by atoms with Crippen LogP contribution in [0.4, 0.5) is 22.0 Å². The Morgan fingerprint density at radius 1 is 1.09 bits per heavy atom. The van der Waals surface area contributed by atoms with E-state index in [4.69, 9.17) is 10.5 Å². The maximum absolute atomic E-state index is 12.3. The molecule has 2 aromatic carbocycles. The third kappa shape index (κ3) is 5.35. The number of anilines is 3. The molecule has 0 unspecified atom stereocenters. The topological polar surface area (TPSA) is 106 Å². The number of hydrogen-bond donors (Lipinski definition) is 3. The Bertz CT molecular complexity index is 1330. The predicted octanol–water partition coefficient (Wildman–Crippen LogP) is 5.99. The summed E-state index contributed by atoms with van der Waals surface area (Å²) in [6.45, 7) is 4.14. The van der Waals surface area contributed by atoms with E-state index in [9.17, 15) is 9.59 Å². The summed E-state index contributed by atoms with van der Waals surface area (Å²) >= 11 is 1.58. The highest BCUT2D eigenvalue weighted by Gasteiger charge is 2.15. The van der Waals surface area contributed by atoms with Crippen LogP contribution in [0.3, 0.4) is 0 Å². The van der Waals surface area contributed by atoms with E-state index in [0.29, 0.717) is 31.0 Å². The van der Waals surface area contributed by atoms with Crippen LogP contribution in [0, 0.1) is 6.92 Å². The lowest BCUT2D eigenvalue weighted by molar-refractivity contribution is -0.143. The molecule has 7 nitrogen and oxygen atoms in total. The number of carbonyl (C=O) groups is 2. The smallest absolute Gasteiger partial charge is 0.323 e. The minimum Gasteiger partial charge on any atom is -0.466 e. The normalized spacial score (nSPS) is 10.8. The number of esters is 1. The summed E-state index contributed by atoms with van der Waals surface area (Å²) in [6.07, 6.45) is 2.57. The molecule has 34 heavy (non-hydrogen) atoms. The molecule has 8 heteroatoms. The predicted molar refractivity (Wildman–Crippen MR) is 138 cm³/mol. The molecule has 0 aliphatic carbocycles. The molecule has 4 N–H and O–H groups in total. The number of hydrogen-bond acceptors (Lipinski definition) is 6. The molecule has 0 aliphatic heterocycles. The van der Waals surface area contributed by atoms with E-state index < -0.39 is 0 Å². The summed E-state index contributed by atoms with van der Waals surface area (Å²) in [6, 6.07) is 14.9. The fraction of sp³-hybridized carbons (Fsp3) is 0.192. The fourth-order valence-electron chi connectivity index (χ4n) is 3.73. The van der Waals surface area contributed by atoms with Crippen LogP contribution in [0.1, 0.15) is 24.5 Å². The van der Waals surface area contributed by atoms with E-state index >= 15 is 0 Å². The van der Waals surface area contributed by atoms with Gasteiger partial charge in [0.05, 0.1) is 6.61 Å². The van der Waals surface area contributed by atoms with Gasteiger partial charge in [-0.25, -0.2) is 9.78 Å². The molecule has 0 aliphatic rings. The number of amides is 2. The number of aromatic nitrogens is 1. The van der Waals surface area contributed by atoms with Crippen molar-refractivity contribution >= 4 is 50.6 Å². The number of fused-ring (bicyclic) bond motifs is 1. The lowest BCUT2D eigenvalue weighted by atomic mass is 10.0. The standard InChI is InChI=1S/C26H26N4O3S/c1-3-33-22(31)12-9-18-14-28-25(27)23-21(15-34-24(18)23)17-7-10-19(11-8-17)29-26(32)30-20-6-4-5-16(2)13-20/h4-8,10-11,13-15H,3,9,12H2,1-2H3,(H2,27,28)(H2,29,30,32). The second-order valence-corrected chi connectivity index (χ2v) is 8.73. The number of urea groups is 1. The molecular formula is C26H26N4O3S. The van der Waals surface area contributed by atoms with E-state index in [-0.39, 0.29) is 12.0 Å². The lowest BCUT2D eigenvalue weighted by Crippen LogP contribution is -2.19. The summed E-state index contributed by atoms with van der Waals surface area (Å²) in [5.74, 6) is 0.227. The molecule has 0 saturated heterocycles. The fourth-order valence-corrected chi connectivity index (χ4v) is 4.86. The van der Waals surface area contributed by atoms with Gasteiger partial charge in [0, 0.05) is 39.6 Å². The Kier molecular flexibility index (Phi) is 7.08. The number of benzene rings is 2. The van der Waals surface area contributed by atoms with Crippen LogP contribution in [-0.4, -0.2) is 23.6 Å². The number of rotatable bonds is 7. The van der Waals surface area contributed by atoms with Gasteiger partial charge >= 0.3 is 12.0 Å². The number of nitrogens with one attached hydrogen (secondary N) is 2. The van der Waals surface area contributed by atoms with Gasteiger partial charge in [0.1, 0.15) is 5.82 Å². The first-order valence-electron chi connectivity index (χ1n) is 11.0. The quantitative estimate of drug-likeness (QED) is 0.285. The molecule has 4 aromatic rings. The Hall–Kier alpha value is -3.91. The van der Waals surface area contributed by atoms with Gasteiger partial charge in [0.2, 0.25) is 0 Å². The maximum atomic E-state index is 12.3. The van der Waals surface area contributed by atoms with Gasteiger partial charge in [-0.15, -0.1) is 11.3 Å². The summed E-state index contributed by atoms with van der Waals surface area (Å²) in [5.41, 5.74) is 11.6. The Morgan fingerprint density at radius 3 is 2.59 bits per heavy atom. The average Bonchev–Trinajstić information content (AvgIpc) is 3.26. The van der Waals surface area contributed by atoms with Crippen molar-refractivity contribution in [2.24, 2.45) is 0 Å². The highest BCUT2D eigenvalue weighted by atomic mass is 32.1. The molecule has 0 atom stereocenters. The third-order valence-corrected chi connectivity index (χ3v) is 6.39. The molecule has 0 bridgehead atoms. The second kappa shape index (κ2) is 10.4. The van der Waals surface area contributed by atoms with Gasteiger partial charge in [-0.1, -0.05) is 24.3 Å². The van der Waals surface area contributed by atoms with E-state index in [0.717, 1.165) is 38.0 Å². The third-order valence-electron chi connectivity index (χ3n) is 5.33. The van der Waals surface area contributed by atoms with Gasteiger partial charge < -0.3 is 21.1 Å². The van der Waals surface area contributed by atoms with Crippen molar-refractivity contribution in [1.29, 1.82) is 0 Å². The highest BCUT2D eigenvalue weighted by molar-refractivity contribution is 7.18. The van der Waals surface area contributed by atoms with Crippen molar-refractivity contribution in [2.75, 3.05) is 23.0 Å². The number of thiophene rings is 1. The van der Waals surface area contributed by atoms with Crippen LogP contribution in [-0.2, 0) is 16.0 Å². The number of carbonyl (C=O) groups excluding carboxylic acids is 2. The van der Waals surface area contributed by atoms with Crippen molar-refractivity contribution in [1.82, 2.24) is 4.98 Å². The molecule has 2 amide bonds. The summed E-state index contributed by atoms with van der Waals surface area (Å²) in [7, 11) is 0. The number of nitrogens with two attached hydrogens (primary N) is 1. The first-order valence-corrected chi connectivity index (χ1v) is 11.9. The Labute approximate surface area is 202 Å². The van der Waals surface area contributed by atoms with Gasteiger partial charge in [0.15, 0.2) is 0 Å². The van der Waals surface area contributed by atoms with E-state index in [1.54, 1.807) is 24.5 Å². The van der Waals surface area contributed by atoms with Crippen LogP contribution >= 0.6 is 11.3 Å². The number of ether oxygens (including phenoxy) is 1. The van der Waals surface area contributed by atoms with Crippen molar-refractivity contribution < 1.29 is 14.3 Å². The minimum absolute atomic E-state index is 0.223. The molecule has 4 rings (SSSR count). The molecule has 0 saturated carbocycles. The maximum Gasteiger partial charge on any atom is 0.323 e. The van der Waals surface area contributed by atoms with Crippen LogP contribution < -0.4 is 16.4 Å². The van der Waals surface area contributed by atoms with E-state index in [1.807, 2.05) is 60.8 Å². The largest absolute Gasteiger partial charge is 0.466 e. The first kappa shape index (κ1) is 23.3. The van der Waals surface area contributed by atoms with Crippen LogP contribution in [0.25, 0.3) is 21.2 Å². The molecule has 0 fully saturated rings. The molecule has 2 heterocycles. The van der Waals surface area contributed by atoms with E-state index in [2.05, 4.69) is 15.6 Å². The molecule has 0 spiro atoms. The molecule has 174 valence electrons. The number of nitrogen functional groups attached to an aromatic ring is 1.